The Morgan fingerprint density at radius 2 is 2.08 bits per heavy atom. The fraction of sp³-hybridized carbons (Fsp3) is 0.429. The number of para-hydroxylation sites is 1. The molecule has 4 nitrogen and oxygen atoms in total. The molecule has 1 aliphatic heterocycles. The van der Waals surface area contributed by atoms with Gasteiger partial charge in [-0.3, -0.25) is 9.36 Å². The van der Waals surface area contributed by atoms with Gasteiger partial charge in [0, 0.05) is 23.2 Å². The maximum atomic E-state index is 13.7. The molecule has 1 aromatic carbocycles. The highest BCUT2D eigenvalue weighted by Gasteiger charge is 2.44. The van der Waals surface area contributed by atoms with Crippen LogP contribution in [0, 0.1) is 19.3 Å². The second kappa shape index (κ2) is 5.87. The van der Waals surface area contributed by atoms with Gasteiger partial charge in [-0.05, 0) is 44.7 Å². The molecule has 1 unspecified atom stereocenters. The van der Waals surface area contributed by atoms with E-state index < -0.39 is 0 Å². The minimum absolute atomic E-state index is 0.252. The number of fused-ring (bicyclic) bond motifs is 3. The number of carbonyl (C=O) groups excluding carboxylic acids is 1. The van der Waals surface area contributed by atoms with Crippen molar-refractivity contribution < 1.29 is 4.79 Å². The van der Waals surface area contributed by atoms with Gasteiger partial charge in [0.15, 0.2) is 0 Å². The number of aromatic nitrogens is 3. The Morgan fingerprint density at radius 1 is 1.28 bits per heavy atom. The minimum atomic E-state index is -0.351. The molecule has 0 saturated carbocycles. The highest BCUT2D eigenvalue weighted by atomic mass is 16.2. The number of hydrogen-bond acceptors (Lipinski definition) is 2. The fourth-order valence-electron chi connectivity index (χ4n) is 4.54. The van der Waals surface area contributed by atoms with Crippen molar-refractivity contribution in [2.24, 2.45) is 5.41 Å². The van der Waals surface area contributed by atoms with Crippen LogP contribution in [0.15, 0.2) is 30.6 Å². The Bertz CT molecular complexity index is 949. The van der Waals surface area contributed by atoms with Crippen LogP contribution in [0.1, 0.15) is 53.6 Å². The van der Waals surface area contributed by atoms with E-state index in [-0.39, 0.29) is 11.3 Å². The van der Waals surface area contributed by atoms with E-state index in [1.165, 1.54) is 16.6 Å². The van der Waals surface area contributed by atoms with Gasteiger partial charge in [0.25, 0.3) is 0 Å². The lowest BCUT2D eigenvalue weighted by Crippen LogP contribution is -2.42. The summed E-state index contributed by atoms with van der Waals surface area (Å²) >= 11 is 0. The highest BCUT2D eigenvalue weighted by Crippen LogP contribution is 2.42. The second-order valence-corrected chi connectivity index (χ2v) is 7.41. The van der Waals surface area contributed by atoms with Crippen LogP contribution in [0.4, 0.5) is 0 Å². The van der Waals surface area contributed by atoms with Gasteiger partial charge in [-0.1, -0.05) is 31.5 Å². The molecule has 1 aliphatic rings. The third-order valence-corrected chi connectivity index (χ3v) is 5.92. The molecule has 0 spiro atoms. The SMILES string of the molecule is CCCC1(Cc2nc[nH]c2C)CCc2c(C)c3ccccc3n2C1=O. The Labute approximate surface area is 148 Å². The van der Waals surface area contributed by atoms with Crippen molar-refractivity contribution in [3.05, 3.63) is 53.2 Å². The first-order chi connectivity index (χ1) is 12.1. The fourth-order valence-corrected chi connectivity index (χ4v) is 4.54. The summed E-state index contributed by atoms with van der Waals surface area (Å²) in [6.07, 6.45) is 6.23. The van der Waals surface area contributed by atoms with Crippen molar-refractivity contribution >= 4 is 16.8 Å². The number of imidazole rings is 1. The Balaban J connectivity index is 1.85. The normalized spacial score (nSPS) is 20.2. The van der Waals surface area contributed by atoms with E-state index in [0.717, 1.165) is 49.0 Å². The van der Waals surface area contributed by atoms with Crippen molar-refractivity contribution in [3.8, 4) is 0 Å². The summed E-state index contributed by atoms with van der Waals surface area (Å²) in [7, 11) is 0. The number of aromatic amines is 1. The van der Waals surface area contributed by atoms with Gasteiger partial charge < -0.3 is 4.98 Å². The Hall–Kier alpha value is -2.36. The van der Waals surface area contributed by atoms with Crippen LogP contribution in [0.5, 0.6) is 0 Å². The zero-order chi connectivity index (χ0) is 17.6. The number of H-pyrrole nitrogens is 1. The van der Waals surface area contributed by atoms with E-state index in [9.17, 15) is 4.79 Å². The van der Waals surface area contributed by atoms with Gasteiger partial charge in [-0.25, -0.2) is 4.98 Å². The number of nitrogens with one attached hydrogen (secondary N) is 1. The monoisotopic (exact) mass is 335 g/mol. The van der Waals surface area contributed by atoms with E-state index in [0.29, 0.717) is 0 Å². The zero-order valence-electron chi connectivity index (χ0n) is 15.2. The summed E-state index contributed by atoms with van der Waals surface area (Å²) in [5.41, 5.74) is 5.25. The smallest absolute Gasteiger partial charge is 0.237 e. The molecular weight excluding hydrogens is 310 g/mol. The quantitative estimate of drug-likeness (QED) is 0.758. The average Bonchev–Trinajstić information content (AvgIpc) is 3.14. The predicted molar refractivity (Wildman–Crippen MR) is 100.0 cm³/mol. The zero-order valence-corrected chi connectivity index (χ0v) is 15.2. The Kier molecular flexibility index (Phi) is 3.78. The van der Waals surface area contributed by atoms with Gasteiger partial charge >= 0.3 is 0 Å². The van der Waals surface area contributed by atoms with E-state index in [1.807, 2.05) is 17.6 Å². The summed E-state index contributed by atoms with van der Waals surface area (Å²) in [5, 5.41) is 1.20. The molecule has 0 saturated heterocycles. The van der Waals surface area contributed by atoms with Crippen molar-refractivity contribution in [2.45, 2.75) is 52.9 Å². The molecule has 4 rings (SSSR count). The third-order valence-electron chi connectivity index (χ3n) is 5.92. The van der Waals surface area contributed by atoms with E-state index in [1.54, 1.807) is 6.33 Å². The van der Waals surface area contributed by atoms with Gasteiger partial charge in [0.2, 0.25) is 5.91 Å². The molecule has 25 heavy (non-hydrogen) atoms. The summed E-state index contributed by atoms with van der Waals surface area (Å²) < 4.78 is 2.01. The third kappa shape index (κ3) is 2.35. The summed E-state index contributed by atoms with van der Waals surface area (Å²) in [5.74, 6) is 0.252. The highest BCUT2D eigenvalue weighted by molar-refractivity contribution is 5.99. The van der Waals surface area contributed by atoms with Crippen LogP contribution in [0.2, 0.25) is 0 Å². The van der Waals surface area contributed by atoms with Crippen LogP contribution < -0.4 is 0 Å². The molecule has 0 amide bonds. The summed E-state index contributed by atoms with van der Waals surface area (Å²) in [6.45, 7) is 6.35. The number of nitrogens with zero attached hydrogens (tertiary/aromatic N) is 2. The maximum Gasteiger partial charge on any atom is 0.237 e. The molecule has 0 radical (unpaired) electrons. The van der Waals surface area contributed by atoms with Crippen molar-refractivity contribution in [1.29, 1.82) is 0 Å². The minimum Gasteiger partial charge on any atom is -0.348 e. The first-order valence-corrected chi connectivity index (χ1v) is 9.20. The van der Waals surface area contributed by atoms with Gasteiger partial charge in [-0.15, -0.1) is 0 Å². The largest absolute Gasteiger partial charge is 0.348 e. The van der Waals surface area contributed by atoms with Crippen LogP contribution >= 0.6 is 0 Å². The standard InChI is InChI=1S/C21H25N3O/c1-4-10-21(12-17-15(3)22-13-23-17)11-9-18-14(2)16-7-5-6-8-19(16)24(18)20(21)25/h5-8,13H,4,9-12H2,1-3H3,(H,22,23). The van der Waals surface area contributed by atoms with Crippen LogP contribution in [-0.4, -0.2) is 20.4 Å². The number of aryl methyl sites for hydroxylation is 2. The molecule has 0 aliphatic carbocycles. The Morgan fingerprint density at radius 3 is 2.80 bits per heavy atom. The van der Waals surface area contributed by atoms with Crippen LogP contribution in [0.3, 0.4) is 0 Å². The molecule has 0 fully saturated rings. The van der Waals surface area contributed by atoms with Crippen LogP contribution in [-0.2, 0) is 12.8 Å². The molecule has 2 aromatic heterocycles. The number of rotatable bonds is 4. The second-order valence-electron chi connectivity index (χ2n) is 7.41. The molecule has 1 N–H and O–H groups in total. The van der Waals surface area contributed by atoms with Crippen molar-refractivity contribution in [1.82, 2.24) is 14.5 Å². The first-order valence-electron chi connectivity index (χ1n) is 9.20. The van der Waals surface area contributed by atoms with E-state index in [4.69, 9.17) is 0 Å². The van der Waals surface area contributed by atoms with Crippen molar-refractivity contribution in [3.63, 3.8) is 0 Å². The molecule has 1 atom stereocenters. The number of carbonyl (C=O) groups is 1. The lowest BCUT2D eigenvalue weighted by Gasteiger charge is -2.36. The van der Waals surface area contributed by atoms with Gasteiger partial charge in [-0.2, -0.15) is 0 Å². The van der Waals surface area contributed by atoms with Crippen LogP contribution in [0.25, 0.3) is 10.9 Å². The maximum absolute atomic E-state index is 13.7. The summed E-state index contributed by atoms with van der Waals surface area (Å²) in [6, 6.07) is 8.28. The predicted octanol–water partition coefficient (Wildman–Crippen LogP) is 4.60. The molecule has 130 valence electrons. The van der Waals surface area contributed by atoms with Gasteiger partial charge in [0.1, 0.15) is 0 Å². The van der Waals surface area contributed by atoms with E-state index >= 15 is 0 Å². The average molecular weight is 335 g/mol. The van der Waals surface area contributed by atoms with Gasteiger partial charge in [0.05, 0.1) is 23.0 Å². The van der Waals surface area contributed by atoms with Crippen molar-refractivity contribution in [2.75, 3.05) is 0 Å². The summed E-state index contributed by atoms with van der Waals surface area (Å²) in [4.78, 5) is 21.4. The lowest BCUT2D eigenvalue weighted by atomic mass is 9.72. The molecule has 3 aromatic rings. The molecule has 4 heteroatoms. The lowest BCUT2D eigenvalue weighted by molar-refractivity contribution is 0.0622. The molecule has 0 bridgehead atoms. The first kappa shape index (κ1) is 16.1. The van der Waals surface area contributed by atoms with E-state index in [2.05, 4.69) is 42.0 Å². The number of benzene rings is 1. The topological polar surface area (TPSA) is 50.7 Å². The number of hydrogen-bond donors (Lipinski definition) is 1. The molecule has 3 heterocycles. The molecular formula is C21H25N3O.